The summed E-state index contributed by atoms with van der Waals surface area (Å²) in [7, 11) is 0. The highest BCUT2D eigenvalue weighted by atomic mass is 32.1. The van der Waals surface area contributed by atoms with Crippen LogP contribution in [0.5, 0.6) is 0 Å². The molecule has 3 rings (SSSR count). The van der Waals surface area contributed by atoms with E-state index < -0.39 is 17.8 Å². The van der Waals surface area contributed by atoms with Crippen molar-refractivity contribution in [2.45, 2.75) is 39.2 Å². The van der Waals surface area contributed by atoms with Crippen LogP contribution >= 0.6 is 11.3 Å². The van der Waals surface area contributed by atoms with E-state index in [4.69, 9.17) is 0 Å². The molecule has 23 heavy (non-hydrogen) atoms. The van der Waals surface area contributed by atoms with Crippen molar-refractivity contribution < 1.29 is 14.4 Å². The molecule has 1 aromatic heterocycles. The lowest BCUT2D eigenvalue weighted by atomic mass is 9.98. The van der Waals surface area contributed by atoms with Crippen LogP contribution in [0.25, 0.3) is 0 Å². The van der Waals surface area contributed by atoms with Gasteiger partial charge in [0.05, 0.1) is 6.67 Å². The summed E-state index contributed by atoms with van der Waals surface area (Å²) in [6.45, 7) is 5.27. The SMILES string of the molecule is CCCN1C(=O)C(=O)N(CN2CCc3sccc3[C@H]2CC)C1=O. The molecule has 0 N–H and O–H groups in total. The zero-order valence-corrected chi connectivity index (χ0v) is 14.3. The van der Waals surface area contributed by atoms with Crippen LogP contribution < -0.4 is 0 Å². The zero-order chi connectivity index (χ0) is 16.6. The van der Waals surface area contributed by atoms with Gasteiger partial charge in [0.2, 0.25) is 0 Å². The standard InChI is InChI=1S/C16H21N3O3S/c1-3-7-18-14(20)15(21)19(16(18)22)10-17-8-5-13-11(6-9-23-13)12(17)4-2/h6,9,12H,3-5,7-8,10H2,1-2H3/t12-/m1/s1. The van der Waals surface area contributed by atoms with Gasteiger partial charge in [-0.25, -0.2) is 9.69 Å². The molecule has 7 heteroatoms. The monoisotopic (exact) mass is 335 g/mol. The number of hydrogen-bond acceptors (Lipinski definition) is 5. The first-order valence-corrected chi connectivity index (χ1v) is 8.94. The molecule has 4 amide bonds. The van der Waals surface area contributed by atoms with Crippen molar-refractivity contribution in [2.24, 2.45) is 0 Å². The van der Waals surface area contributed by atoms with Crippen molar-refractivity contribution in [1.82, 2.24) is 14.7 Å². The second-order valence-electron chi connectivity index (χ2n) is 5.90. The molecule has 124 valence electrons. The number of carbonyl (C=O) groups excluding carboxylic acids is 3. The van der Waals surface area contributed by atoms with Gasteiger partial charge in [0.1, 0.15) is 0 Å². The zero-order valence-electron chi connectivity index (χ0n) is 13.4. The van der Waals surface area contributed by atoms with Crippen molar-refractivity contribution in [1.29, 1.82) is 0 Å². The minimum Gasteiger partial charge on any atom is -0.278 e. The maximum Gasteiger partial charge on any atom is 0.335 e. The second kappa shape index (κ2) is 6.41. The Morgan fingerprint density at radius 2 is 1.91 bits per heavy atom. The first-order valence-electron chi connectivity index (χ1n) is 8.06. The fraction of sp³-hybridized carbons (Fsp3) is 0.562. The molecule has 6 nitrogen and oxygen atoms in total. The highest BCUT2D eigenvalue weighted by Crippen LogP contribution is 2.35. The first-order chi connectivity index (χ1) is 11.1. The molecule has 1 saturated heterocycles. The lowest BCUT2D eigenvalue weighted by Gasteiger charge is -2.36. The van der Waals surface area contributed by atoms with Crippen LogP contribution in [0.15, 0.2) is 11.4 Å². The minimum absolute atomic E-state index is 0.192. The highest BCUT2D eigenvalue weighted by Gasteiger charge is 2.45. The third kappa shape index (κ3) is 2.68. The number of hydrogen-bond donors (Lipinski definition) is 0. The number of imide groups is 2. The number of thiophene rings is 1. The van der Waals surface area contributed by atoms with E-state index in [1.807, 2.05) is 6.92 Å². The van der Waals surface area contributed by atoms with Gasteiger partial charge in [0.15, 0.2) is 0 Å². The van der Waals surface area contributed by atoms with Crippen LogP contribution in [0.3, 0.4) is 0 Å². The van der Waals surface area contributed by atoms with Crippen LogP contribution in [0.2, 0.25) is 0 Å². The first kappa shape index (κ1) is 16.1. The Kier molecular flexibility index (Phi) is 4.50. The topological polar surface area (TPSA) is 60.9 Å². The second-order valence-corrected chi connectivity index (χ2v) is 6.90. The van der Waals surface area contributed by atoms with Gasteiger partial charge in [0.25, 0.3) is 0 Å². The van der Waals surface area contributed by atoms with E-state index >= 15 is 0 Å². The molecule has 0 saturated carbocycles. The van der Waals surface area contributed by atoms with Crippen molar-refractivity contribution in [3.8, 4) is 0 Å². The molecule has 1 atom stereocenters. The normalized spacial score (nSPS) is 22.2. The van der Waals surface area contributed by atoms with Gasteiger partial charge in [-0.2, -0.15) is 0 Å². The Balaban J connectivity index is 1.78. The molecule has 1 fully saturated rings. The molecule has 0 spiro atoms. The van der Waals surface area contributed by atoms with Gasteiger partial charge < -0.3 is 0 Å². The predicted octanol–water partition coefficient (Wildman–Crippen LogP) is 2.22. The van der Waals surface area contributed by atoms with Crippen molar-refractivity contribution in [3.05, 3.63) is 21.9 Å². The maximum atomic E-state index is 12.4. The van der Waals surface area contributed by atoms with E-state index in [9.17, 15) is 14.4 Å². The molecule has 0 radical (unpaired) electrons. The Morgan fingerprint density at radius 3 is 2.61 bits per heavy atom. The fourth-order valence-electron chi connectivity index (χ4n) is 3.37. The van der Waals surface area contributed by atoms with Gasteiger partial charge in [-0.05, 0) is 36.3 Å². The Labute approximate surface area is 139 Å². The Morgan fingerprint density at radius 1 is 1.17 bits per heavy atom. The average Bonchev–Trinajstić information content (AvgIpc) is 3.10. The van der Waals surface area contributed by atoms with E-state index in [0.717, 1.165) is 29.2 Å². The number of nitrogens with zero attached hydrogens (tertiary/aromatic N) is 3. The van der Waals surface area contributed by atoms with E-state index in [1.165, 1.54) is 10.4 Å². The molecule has 0 bridgehead atoms. The van der Waals surface area contributed by atoms with E-state index in [0.29, 0.717) is 13.0 Å². The minimum atomic E-state index is -0.700. The van der Waals surface area contributed by atoms with Crippen LogP contribution in [0.1, 0.15) is 43.2 Å². The molecule has 2 aliphatic heterocycles. The molecule has 0 aromatic carbocycles. The van der Waals surface area contributed by atoms with Gasteiger partial charge in [-0.3, -0.25) is 19.4 Å². The van der Waals surface area contributed by atoms with Crippen LogP contribution in [0, 0.1) is 0 Å². The third-order valence-electron chi connectivity index (χ3n) is 4.50. The quantitative estimate of drug-likeness (QED) is 0.611. The summed E-state index contributed by atoms with van der Waals surface area (Å²) < 4.78 is 0. The molecule has 1 aromatic rings. The largest absolute Gasteiger partial charge is 0.335 e. The van der Waals surface area contributed by atoms with E-state index in [-0.39, 0.29) is 12.7 Å². The maximum absolute atomic E-state index is 12.4. The Bertz CT molecular complexity index is 642. The van der Waals surface area contributed by atoms with Crippen molar-refractivity contribution in [3.63, 3.8) is 0 Å². The van der Waals surface area contributed by atoms with Crippen molar-refractivity contribution >= 4 is 29.2 Å². The van der Waals surface area contributed by atoms with Gasteiger partial charge >= 0.3 is 17.8 Å². The highest BCUT2D eigenvalue weighted by molar-refractivity contribution is 7.10. The van der Waals surface area contributed by atoms with E-state index in [2.05, 4.69) is 23.3 Å². The van der Waals surface area contributed by atoms with Gasteiger partial charge in [-0.15, -0.1) is 11.3 Å². The number of urea groups is 1. The summed E-state index contributed by atoms with van der Waals surface area (Å²) in [5.74, 6) is -1.40. The lowest BCUT2D eigenvalue weighted by Crippen LogP contribution is -2.46. The summed E-state index contributed by atoms with van der Waals surface area (Å²) in [6.07, 6.45) is 2.48. The summed E-state index contributed by atoms with van der Waals surface area (Å²) >= 11 is 1.76. The van der Waals surface area contributed by atoms with Crippen LogP contribution in [-0.2, 0) is 16.0 Å². The molecular weight excluding hydrogens is 314 g/mol. The van der Waals surface area contributed by atoms with Crippen molar-refractivity contribution in [2.75, 3.05) is 19.8 Å². The molecule has 0 aliphatic carbocycles. The molecular formula is C16H21N3O3S. The fourth-order valence-corrected chi connectivity index (χ4v) is 4.30. The molecule has 2 aliphatic rings. The molecule has 0 unspecified atom stereocenters. The average molecular weight is 335 g/mol. The lowest BCUT2D eigenvalue weighted by molar-refractivity contribution is -0.144. The summed E-state index contributed by atoms with van der Waals surface area (Å²) in [4.78, 5) is 42.2. The van der Waals surface area contributed by atoms with E-state index in [1.54, 1.807) is 11.3 Å². The predicted molar refractivity (Wildman–Crippen MR) is 86.9 cm³/mol. The van der Waals surface area contributed by atoms with Crippen LogP contribution in [0.4, 0.5) is 4.79 Å². The number of fused-ring (bicyclic) bond motifs is 1. The smallest absolute Gasteiger partial charge is 0.278 e. The summed E-state index contributed by atoms with van der Waals surface area (Å²) in [5.41, 5.74) is 1.29. The summed E-state index contributed by atoms with van der Waals surface area (Å²) in [6, 6.07) is 1.84. The van der Waals surface area contributed by atoms with Gasteiger partial charge in [0, 0.05) is 24.0 Å². The molecule has 3 heterocycles. The number of carbonyl (C=O) groups is 3. The number of amides is 4. The third-order valence-corrected chi connectivity index (χ3v) is 5.49. The summed E-state index contributed by atoms with van der Waals surface area (Å²) in [5, 5.41) is 2.09. The van der Waals surface area contributed by atoms with Gasteiger partial charge in [-0.1, -0.05) is 13.8 Å². The van der Waals surface area contributed by atoms with Crippen LogP contribution in [-0.4, -0.2) is 52.3 Å². The Hall–Kier alpha value is -1.73. The number of rotatable bonds is 5.